The first-order valence-electron chi connectivity index (χ1n) is 6.45. The number of Topliss-reactive ketones (excluding diaryl/α,β-unsaturated/α-hetero) is 1. The number of ether oxygens (including phenoxy) is 2. The van der Waals surface area contributed by atoms with E-state index in [2.05, 4.69) is 5.10 Å². The summed E-state index contributed by atoms with van der Waals surface area (Å²) in [5, 5.41) is 4.17. The summed E-state index contributed by atoms with van der Waals surface area (Å²) >= 11 is 0. The van der Waals surface area contributed by atoms with E-state index in [1.165, 1.54) is 7.11 Å². The predicted octanol–water partition coefficient (Wildman–Crippen LogP) is 2.35. The number of carbonyl (C=O) groups is 1. The number of methoxy groups -OCH3 is 2. The highest BCUT2D eigenvalue weighted by Gasteiger charge is 2.17. The summed E-state index contributed by atoms with van der Waals surface area (Å²) in [6, 6.07) is 5.29. The summed E-state index contributed by atoms with van der Waals surface area (Å²) in [6.45, 7) is 2.79. The molecule has 0 atom stereocenters. The number of hydrogen-bond acceptors (Lipinski definition) is 4. The number of nitrogens with zero attached hydrogens (tertiary/aromatic N) is 2. The molecule has 0 saturated heterocycles. The second-order valence-electron chi connectivity index (χ2n) is 4.35. The van der Waals surface area contributed by atoms with E-state index in [1.54, 1.807) is 36.2 Å². The van der Waals surface area contributed by atoms with Crippen LogP contribution >= 0.6 is 0 Å². The second kappa shape index (κ2) is 6.23. The molecule has 106 valence electrons. The van der Waals surface area contributed by atoms with Gasteiger partial charge in [-0.05, 0) is 24.6 Å². The molecule has 1 heterocycles. The van der Waals surface area contributed by atoms with Crippen LogP contribution in [0.3, 0.4) is 0 Å². The Bertz CT molecular complexity index is 605. The quantitative estimate of drug-likeness (QED) is 0.759. The van der Waals surface area contributed by atoms with Crippen molar-refractivity contribution in [2.45, 2.75) is 19.9 Å². The minimum Gasteiger partial charge on any atom is -0.493 e. The Hall–Kier alpha value is -2.30. The van der Waals surface area contributed by atoms with Crippen molar-refractivity contribution < 1.29 is 14.3 Å². The number of hydrogen-bond donors (Lipinski definition) is 0. The van der Waals surface area contributed by atoms with Crippen molar-refractivity contribution in [3.8, 4) is 11.5 Å². The summed E-state index contributed by atoms with van der Waals surface area (Å²) in [5.74, 6) is 1.02. The SMILES string of the molecule is CCn1cc(CC(=O)c2cccc(OC)c2OC)cn1. The molecule has 0 fully saturated rings. The number of ketones is 1. The molecule has 0 N–H and O–H groups in total. The molecule has 0 unspecified atom stereocenters. The van der Waals surface area contributed by atoms with Gasteiger partial charge in [0.1, 0.15) is 0 Å². The third-order valence-corrected chi connectivity index (χ3v) is 3.08. The van der Waals surface area contributed by atoms with Crippen molar-refractivity contribution in [2.24, 2.45) is 0 Å². The van der Waals surface area contributed by atoms with Crippen LogP contribution in [-0.2, 0) is 13.0 Å². The smallest absolute Gasteiger partial charge is 0.171 e. The molecular formula is C15H18N2O3. The first-order valence-corrected chi connectivity index (χ1v) is 6.45. The Balaban J connectivity index is 2.24. The number of carbonyl (C=O) groups excluding carboxylic acids is 1. The molecule has 1 aromatic heterocycles. The monoisotopic (exact) mass is 274 g/mol. The van der Waals surface area contributed by atoms with Gasteiger partial charge in [0, 0.05) is 19.2 Å². The minimum absolute atomic E-state index is 0.0172. The maximum atomic E-state index is 12.4. The zero-order valence-electron chi connectivity index (χ0n) is 11.9. The van der Waals surface area contributed by atoms with E-state index in [-0.39, 0.29) is 5.78 Å². The molecular weight excluding hydrogens is 256 g/mol. The number of benzene rings is 1. The Morgan fingerprint density at radius 3 is 2.70 bits per heavy atom. The van der Waals surface area contributed by atoms with Crippen LogP contribution in [0.2, 0.25) is 0 Å². The molecule has 0 bridgehead atoms. The first-order chi connectivity index (χ1) is 9.69. The molecule has 0 aliphatic heterocycles. The van der Waals surface area contributed by atoms with Gasteiger partial charge >= 0.3 is 0 Å². The number of para-hydroxylation sites is 1. The van der Waals surface area contributed by atoms with E-state index in [9.17, 15) is 4.79 Å². The highest BCUT2D eigenvalue weighted by atomic mass is 16.5. The molecule has 0 radical (unpaired) electrons. The molecule has 0 saturated carbocycles. The summed E-state index contributed by atoms with van der Waals surface area (Å²) in [6.07, 6.45) is 3.89. The fourth-order valence-corrected chi connectivity index (χ4v) is 2.06. The maximum Gasteiger partial charge on any atom is 0.171 e. The van der Waals surface area contributed by atoms with E-state index in [0.717, 1.165) is 12.1 Å². The lowest BCUT2D eigenvalue weighted by atomic mass is 10.0. The fourth-order valence-electron chi connectivity index (χ4n) is 2.06. The third kappa shape index (κ3) is 2.82. The van der Waals surface area contributed by atoms with Crippen molar-refractivity contribution in [2.75, 3.05) is 14.2 Å². The second-order valence-corrected chi connectivity index (χ2v) is 4.35. The van der Waals surface area contributed by atoms with Crippen LogP contribution in [0.4, 0.5) is 0 Å². The van der Waals surface area contributed by atoms with Gasteiger partial charge in [-0.25, -0.2) is 0 Å². The van der Waals surface area contributed by atoms with Gasteiger partial charge in [0.15, 0.2) is 17.3 Å². The third-order valence-electron chi connectivity index (χ3n) is 3.08. The summed E-state index contributed by atoms with van der Waals surface area (Å²) in [7, 11) is 3.08. The van der Waals surface area contributed by atoms with Crippen LogP contribution < -0.4 is 9.47 Å². The van der Waals surface area contributed by atoms with Gasteiger partial charge in [-0.15, -0.1) is 0 Å². The lowest BCUT2D eigenvalue weighted by molar-refractivity contribution is 0.0989. The molecule has 2 aromatic rings. The van der Waals surface area contributed by atoms with E-state index in [0.29, 0.717) is 23.5 Å². The zero-order chi connectivity index (χ0) is 14.5. The lowest BCUT2D eigenvalue weighted by Crippen LogP contribution is -2.06. The molecule has 5 nitrogen and oxygen atoms in total. The van der Waals surface area contributed by atoms with Gasteiger partial charge < -0.3 is 9.47 Å². The fraction of sp³-hybridized carbons (Fsp3) is 0.333. The zero-order valence-corrected chi connectivity index (χ0v) is 11.9. The summed E-state index contributed by atoms with van der Waals surface area (Å²) in [4.78, 5) is 12.4. The standard InChI is InChI=1S/C15H18N2O3/c1-4-17-10-11(9-16-17)8-13(18)12-6-5-7-14(19-2)15(12)20-3/h5-7,9-10H,4,8H2,1-3H3. The normalized spacial score (nSPS) is 10.3. The average molecular weight is 274 g/mol. The average Bonchev–Trinajstić information content (AvgIpc) is 2.93. The van der Waals surface area contributed by atoms with Crippen molar-refractivity contribution in [3.05, 3.63) is 41.7 Å². The molecule has 0 spiro atoms. The molecule has 0 amide bonds. The summed E-state index contributed by atoms with van der Waals surface area (Å²) in [5.41, 5.74) is 1.41. The Morgan fingerprint density at radius 2 is 2.10 bits per heavy atom. The summed E-state index contributed by atoms with van der Waals surface area (Å²) < 4.78 is 12.3. The number of aryl methyl sites for hydroxylation is 1. The van der Waals surface area contributed by atoms with Crippen LogP contribution in [0, 0.1) is 0 Å². The molecule has 5 heteroatoms. The van der Waals surface area contributed by atoms with Gasteiger partial charge in [-0.3, -0.25) is 9.48 Å². The van der Waals surface area contributed by atoms with Crippen molar-refractivity contribution in [3.63, 3.8) is 0 Å². The first kappa shape index (κ1) is 14.1. The minimum atomic E-state index is -0.0172. The Labute approximate surface area is 118 Å². The van der Waals surface area contributed by atoms with Gasteiger partial charge in [-0.1, -0.05) is 6.07 Å². The largest absolute Gasteiger partial charge is 0.493 e. The molecule has 2 rings (SSSR count). The number of rotatable bonds is 6. The highest BCUT2D eigenvalue weighted by Crippen LogP contribution is 2.31. The topological polar surface area (TPSA) is 53.4 Å². The van der Waals surface area contributed by atoms with Crippen LogP contribution in [0.15, 0.2) is 30.6 Å². The van der Waals surface area contributed by atoms with Crippen LogP contribution in [0.5, 0.6) is 11.5 Å². The van der Waals surface area contributed by atoms with Crippen molar-refractivity contribution in [1.82, 2.24) is 9.78 Å². The molecule has 0 aliphatic carbocycles. The van der Waals surface area contributed by atoms with Gasteiger partial charge in [0.2, 0.25) is 0 Å². The molecule has 0 aliphatic rings. The van der Waals surface area contributed by atoms with Gasteiger partial charge in [-0.2, -0.15) is 5.10 Å². The highest BCUT2D eigenvalue weighted by molar-refractivity contribution is 6.00. The van der Waals surface area contributed by atoms with E-state index < -0.39 is 0 Å². The van der Waals surface area contributed by atoms with Crippen molar-refractivity contribution >= 4 is 5.78 Å². The number of aromatic nitrogens is 2. The lowest BCUT2D eigenvalue weighted by Gasteiger charge is -2.11. The van der Waals surface area contributed by atoms with E-state index in [1.807, 2.05) is 13.1 Å². The van der Waals surface area contributed by atoms with Crippen molar-refractivity contribution in [1.29, 1.82) is 0 Å². The van der Waals surface area contributed by atoms with E-state index >= 15 is 0 Å². The maximum absolute atomic E-state index is 12.4. The Kier molecular flexibility index (Phi) is 4.40. The van der Waals surface area contributed by atoms with Gasteiger partial charge in [0.25, 0.3) is 0 Å². The van der Waals surface area contributed by atoms with Crippen LogP contribution in [0.25, 0.3) is 0 Å². The molecule has 20 heavy (non-hydrogen) atoms. The predicted molar refractivity (Wildman–Crippen MR) is 75.5 cm³/mol. The molecule has 1 aromatic carbocycles. The Morgan fingerprint density at radius 1 is 1.30 bits per heavy atom. The van der Waals surface area contributed by atoms with E-state index in [4.69, 9.17) is 9.47 Å². The van der Waals surface area contributed by atoms with Gasteiger partial charge in [0.05, 0.1) is 26.0 Å². The van der Waals surface area contributed by atoms with Crippen LogP contribution in [0.1, 0.15) is 22.8 Å². The van der Waals surface area contributed by atoms with Crippen LogP contribution in [-0.4, -0.2) is 29.8 Å².